The molecule has 3 aromatic rings. The second-order valence-electron chi connectivity index (χ2n) is 7.44. The summed E-state index contributed by atoms with van der Waals surface area (Å²) in [4.78, 5) is 12.8. The van der Waals surface area contributed by atoms with Crippen LogP contribution in [-0.2, 0) is 21.4 Å². The maximum Gasteiger partial charge on any atom is 0.255 e. The first kappa shape index (κ1) is 25.4. The van der Waals surface area contributed by atoms with Crippen LogP contribution in [0.15, 0.2) is 82.8 Å². The number of carbonyl (C=O) groups excluding carboxylic acids is 1. The molecule has 3 aromatic carbocycles. The normalized spacial score (nSPS) is 11.6. The zero-order valence-electron chi connectivity index (χ0n) is 18.9. The van der Waals surface area contributed by atoms with Crippen molar-refractivity contribution in [3.8, 4) is 5.75 Å². The number of para-hydroxylation sites is 1. The maximum atomic E-state index is 13.4. The topological polar surface area (TPSA) is 88.1 Å². The van der Waals surface area contributed by atoms with Gasteiger partial charge >= 0.3 is 0 Å². The molecule has 9 heteroatoms. The minimum atomic E-state index is -3.98. The molecule has 0 saturated carbocycles. The summed E-state index contributed by atoms with van der Waals surface area (Å²) in [7, 11) is -3.98. The molecule has 0 aliphatic heterocycles. The van der Waals surface area contributed by atoms with Crippen LogP contribution in [0.3, 0.4) is 0 Å². The van der Waals surface area contributed by atoms with Crippen LogP contribution in [0.5, 0.6) is 5.75 Å². The number of halogens is 1. The number of hydrazone groups is 1. The molecule has 0 aliphatic rings. The first-order valence-electron chi connectivity index (χ1n) is 10.6. The second kappa shape index (κ2) is 11.8. The summed E-state index contributed by atoms with van der Waals surface area (Å²) in [6, 6.07) is 20.6. The number of sulfonamides is 1. The van der Waals surface area contributed by atoms with Crippen LogP contribution in [0.1, 0.15) is 23.6 Å². The van der Waals surface area contributed by atoms with Gasteiger partial charge in [0, 0.05) is 17.1 Å². The molecule has 0 unspecified atom stereocenters. The standard InChI is InChI=1S/C25H26ClN3O4S/c1-3-33-24-11-7-5-8-20(24)16-27-28-25(30)18-29(17-21-9-4-6-10-23(21)26)34(31,32)22-14-12-19(2)13-15-22/h4-16H,3,17-18H2,1-2H3,(H,28,30)/b27-16-. The summed E-state index contributed by atoms with van der Waals surface area (Å²) < 4.78 is 33.3. The molecule has 0 spiro atoms. The number of benzene rings is 3. The van der Waals surface area contributed by atoms with Crippen molar-refractivity contribution >= 4 is 33.7 Å². The molecule has 3 rings (SSSR count). The van der Waals surface area contributed by atoms with Crippen molar-refractivity contribution < 1.29 is 17.9 Å². The Hall–Kier alpha value is -3.20. The molecule has 0 bridgehead atoms. The van der Waals surface area contributed by atoms with Crippen molar-refractivity contribution in [1.82, 2.24) is 9.73 Å². The van der Waals surface area contributed by atoms with Crippen molar-refractivity contribution in [3.05, 3.63) is 94.5 Å². The lowest BCUT2D eigenvalue weighted by atomic mass is 10.2. The summed E-state index contributed by atoms with van der Waals surface area (Å²) in [5, 5.41) is 4.39. The fourth-order valence-electron chi connectivity index (χ4n) is 3.15. The summed E-state index contributed by atoms with van der Waals surface area (Å²) in [6.45, 7) is 3.72. The van der Waals surface area contributed by atoms with Gasteiger partial charge in [0.1, 0.15) is 5.75 Å². The monoisotopic (exact) mass is 499 g/mol. The Labute approximate surface area is 205 Å². The van der Waals surface area contributed by atoms with Gasteiger partial charge in [0.25, 0.3) is 5.91 Å². The molecule has 0 fully saturated rings. The van der Waals surface area contributed by atoms with Gasteiger partial charge in [0.15, 0.2) is 0 Å². The van der Waals surface area contributed by atoms with Crippen LogP contribution in [0, 0.1) is 6.92 Å². The van der Waals surface area contributed by atoms with E-state index in [1.807, 2.05) is 26.0 Å². The van der Waals surface area contributed by atoms with Gasteiger partial charge in [-0.05, 0) is 49.7 Å². The van der Waals surface area contributed by atoms with Crippen LogP contribution >= 0.6 is 11.6 Å². The third-order valence-corrected chi connectivity index (χ3v) is 7.07. The van der Waals surface area contributed by atoms with E-state index in [2.05, 4.69) is 10.5 Å². The number of amides is 1. The van der Waals surface area contributed by atoms with Crippen LogP contribution in [0.25, 0.3) is 0 Å². The Kier molecular flexibility index (Phi) is 8.81. The summed E-state index contributed by atoms with van der Waals surface area (Å²) in [6.07, 6.45) is 1.45. The highest BCUT2D eigenvalue weighted by Crippen LogP contribution is 2.22. The summed E-state index contributed by atoms with van der Waals surface area (Å²) in [5.41, 5.74) is 4.60. The largest absolute Gasteiger partial charge is 0.493 e. The highest BCUT2D eigenvalue weighted by molar-refractivity contribution is 7.89. The Balaban J connectivity index is 1.80. The third-order valence-electron chi connectivity index (χ3n) is 4.89. The van der Waals surface area contributed by atoms with Crippen molar-refractivity contribution in [3.63, 3.8) is 0 Å². The molecule has 0 aliphatic carbocycles. The lowest BCUT2D eigenvalue weighted by Gasteiger charge is -2.22. The first-order chi connectivity index (χ1) is 16.3. The average Bonchev–Trinajstić information content (AvgIpc) is 2.81. The lowest BCUT2D eigenvalue weighted by molar-refractivity contribution is -0.121. The van der Waals surface area contributed by atoms with E-state index in [1.165, 1.54) is 18.3 Å². The predicted octanol–water partition coefficient (Wildman–Crippen LogP) is 4.39. The minimum absolute atomic E-state index is 0.0693. The van der Waals surface area contributed by atoms with Gasteiger partial charge in [0.2, 0.25) is 10.0 Å². The SMILES string of the molecule is CCOc1ccccc1/C=N\NC(=O)CN(Cc1ccccc1Cl)S(=O)(=O)c1ccc(C)cc1. The van der Waals surface area contributed by atoms with Gasteiger partial charge in [0.05, 0.1) is 24.3 Å². The van der Waals surface area contributed by atoms with E-state index < -0.39 is 22.5 Å². The van der Waals surface area contributed by atoms with E-state index in [1.54, 1.807) is 48.5 Å². The molecule has 1 N–H and O–H groups in total. The van der Waals surface area contributed by atoms with Crippen molar-refractivity contribution in [1.29, 1.82) is 0 Å². The Bertz CT molecular complexity index is 1260. The smallest absolute Gasteiger partial charge is 0.255 e. The van der Waals surface area contributed by atoms with E-state index in [4.69, 9.17) is 16.3 Å². The lowest BCUT2D eigenvalue weighted by Crippen LogP contribution is -2.39. The molecular formula is C25H26ClN3O4S. The molecule has 0 aromatic heterocycles. The molecule has 0 radical (unpaired) electrons. The molecule has 0 atom stereocenters. The fraction of sp³-hybridized carbons (Fsp3) is 0.200. The number of nitrogens with one attached hydrogen (secondary N) is 1. The number of carbonyl (C=O) groups is 1. The number of aryl methyl sites for hydroxylation is 1. The van der Waals surface area contributed by atoms with E-state index in [0.717, 1.165) is 9.87 Å². The Morgan fingerprint density at radius 2 is 1.74 bits per heavy atom. The van der Waals surface area contributed by atoms with Gasteiger partial charge in [-0.25, -0.2) is 13.8 Å². The van der Waals surface area contributed by atoms with Crippen LogP contribution in [0.4, 0.5) is 0 Å². The fourth-order valence-corrected chi connectivity index (χ4v) is 4.72. The van der Waals surface area contributed by atoms with Crippen molar-refractivity contribution in [2.75, 3.05) is 13.2 Å². The van der Waals surface area contributed by atoms with Crippen molar-refractivity contribution in [2.24, 2.45) is 5.10 Å². The zero-order chi connectivity index (χ0) is 24.6. The van der Waals surface area contributed by atoms with Crippen LogP contribution < -0.4 is 10.2 Å². The van der Waals surface area contributed by atoms with E-state index >= 15 is 0 Å². The molecule has 0 saturated heterocycles. The Morgan fingerprint density at radius 3 is 2.44 bits per heavy atom. The molecular weight excluding hydrogens is 474 g/mol. The number of ether oxygens (including phenoxy) is 1. The van der Waals surface area contributed by atoms with Crippen molar-refractivity contribution in [2.45, 2.75) is 25.3 Å². The molecule has 1 amide bonds. The Morgan fingerprint density at radius 1 is 1.06 bits per heavy atom. The number of nitrogens with zero attached hydrogens (tertiary/aromatic N) is 2. The third kappa shape index (κ3) is 6.66. The van der Waals surface area contributed by atoms with Crippen LogP contribution in [0.2, 0.25) is 5.02 Å². The molecule has 178 valence electrons. The second-order valence-corrected chi connectivity index (χ2v) is 9.79. The van der Waals surface area contributed by atoms with E-state index in [0.29, 0.717) is 28.5 Å². The highest BCUT2D eigenvalue weighted by Gasteiger charge is 2.27. The molecule has 7 nitrogen and oxygen atoms in total. The number of hydrogen-bond acceptors (Lipinski definition) is 5. The quantitative estimate of drug-likeness (QED) is 0.331. The van der Waals surface area contributed by atoms with Gasteiger partial charge in [-0.1, -0.05) is 59.6 Å². The summed E-state index contributed by atoms with van der Waals surface area (Å²) in [5.74, 6) is 0.0400. The van der Waals surface area contributed by atoms with Gasteiger partial charge in [-0.2, -0.15) is 9.41 Å². The van der Waals surface area contributed by atoms with Gasteiger partial charge < -0.3 is 4.74 Å². The minimum Gasteiger partial charge on any atom is -0.493 e. The first-order valence-corrected chi connectivity index (χ1v) is 12.5. The average molecular weight is 500 g/mol. The maximum absolute atomic E-state index is 13.4. The summed E-state index contributed by atoms with van der Waals surface area (Å²) >= 11 is 6.26. The van der Waals surface area contributed by atoms with Gasteiger partial charge in [-0.3, -0.25) is 4.79 Å². The van der Waals surface area contributed by atoms with E-state index in [9.17, 15) is 13.2 Å². The van der Waals surface area contributed by atoms with Crippen LogP contribution in [-0.4, -0.2) is 38.0 Å². The predicted molar refractivity (Wildman–Crippen MR) is 134 cm³/mol. The number of rotatable bonds is 10. The van der Waals surface area contributed by atoms with E-state index in [-0.39, 0.29) is 11.4 Å². The zero-order valence-corrected chi connectivity index (χ0v) is 20.5. The number of hydrogen-bond donors (Lipinski definition) is 1. The molecule has 0 heterocycles. The van der Waals surface area contributed by atoms with Gasteiger partial charge in [-0.15, -0.1) is 0 Å². The molecule has 34 heavy (non-hydrogen) atoms. The highest BCUT2D eigenvalue weighted by atomic mass is 35.5.